The molecule has 0 aliphatic carbocycles. The molecule has 3 heteroatoms. The summed E-state index contributed by atoms with van der Waals surface area (Å²) in [7, 11) is 1.60. The van der Waals surface area contributed by atoms with Gasteiger partial charge in [-0.2, -0.15) is 4.74 Å². The number of fused-ring (bicyclic) bond motifs is 1. The summed E-state index contributed by atoms with van der Waals surface area (Å²) in [6.45, 7) is 8.00. The fraction of sp³-hybridized carbons (Fsp3) is 0.417. The molecule has 0 radical (unpaired) electrons. The number of rotatable bonds is 0. The Morgan fingerprint density at radius 2 is 1.60 bits per heavy atom. The lowest BCUT2D eigenvalue weighted by molar-refractivity contribution is 0.324. The van der Waals surface area contributed by atoms with Crippen LogP contribution in [-0.2, 0) is 7.05 Å². The molecule has 0 fully saturated rings. The molecule has 2 aromatic rings. The zero-order valence-electron chi connectivity index (χ0n) is 10.1. The summed E-state index contributed by atoms with van der Waals surface area (Å²) in [6, 6.07) is 7.18. The van der Waals surface area contributed by atoms with Crippen LogP contribution in [0.4, 0.5) is 0 Å². The van der Waals surface area contributed by atoms with Gasteiger partial charge in [-0.05, 0) is 12.1 Å². The number of hydrogen-bond acceptors (Lipinski definition) is 2. The molecule has 0 bridgehead atoms. The minimum Gasteiger partial charge on any atom is -0.376 e. The molecule has 0 N–H and O–H groups in total. The fourth-order valence-corrected chi connectivity index (χ4v) is 1.08. The second-order valence-electron chi connectivity index (χ2n) is 2.39. The maximum Gasteiger partial charge on any atom is 0.290 e. The SMILES string of the molecule is CC.CC.Cn1oc2ccccc2c1=O. The molecule has 1 aromatic carbocycles. The maximum atomic E-state index is 11.2. The number of nitrogens with zero attached hydrogens (tertiary/aromatic N) is 1. The number of aromatic nitrogens is 1. The molecule has 84 valence electrons. The van der Waals surface area contributed by atoms with Gasteiger partial charge in [-0.25, -0.2) is 0 Å². The van der Waals surface area contributed by atoms with Crippen molar-refractivity contribution in [2.75, 3.05) is 0 Å². The quantitative estimate of drug-likeness (QED) is 0.668. The first-order chi connectivity index (χ1) is 7.29. The van der Waals surface area contributed by atoms with Gasteiger partial charge < -0.3 is 4.52 Å². The Labute approximate surface area is 90.3 Å². The van der Waals surface area contributed by atoms with E-state index in [9.17, 15) is 4.79 Å². The van der Waals surface area contributed by atoms with Gasteiger partial charge in [0.05, 0.1) is 5.39 Å². The van der Waals surface area contributed by atoms with Crippen LogP contribution in [0.1, 0.15) is 27.7 Å². The average Bonchev–Trinajstić information content (AvgIpc) is 2.61. The first-order valence-electron chi connectivity index (χ1n) is 5.34. The Morgan fingerprint density at radius 1 is 1.07 bits per heavy atom. The molecule has 0 spiro atoms. The Balaban J connectivity index is 0.000000442. The topological polar surface area (TPSA) is 35.1 Å². The summed E-state index contributed by atoms with van der Waals surface area (Å²) in [5.41, 5.74) is 0.556. The fourth-order valence-electron chi connectivity index (χ4n) is 1.08. The van der Waals surface area contributed by atoms with Crippen LogP contribution >= 0.6 is 0 Å². The molecule has 1 aromatic heterocycles. The van der Waals surface area contributed by atoms with Gasteiger partial charge in [0.25, 0.3) is 5.56 Å². The summed E-state index contributed by atoms with van der Waals surface area (Å²) >= 11 is 0. The highest BCUT2D eigenvalue weighted by molar-refractivity contribution is 5.75. The predicted molar refractivity (Wildman–Crippen MR) is 64.2 cm³/mol. The van der Waals surface area contributed by atoms with E-state index in [0.29, 0.717) is 11.0 Å². The van der Waals surface area contributed by atoms with Gasteiger partial charge in [0.1, 0.15) is 0 Å². The minimum absolute atomic E-state index is 0.0828. The molecular weight excluding hydrogens is 190 g/mol. The first-order valence-corrected chi connectivity index (χ1v) is 5.34. The van der Waals surface area contributed by atoms with E-state index < -0.39 is 0 Å². The Morgan fingerprint density at radius 3 is 2.13 bits per heavy atom. The lowest BCUT2D eigenvalue weighted by Gasteiger charge is -1.80. The predicted octanol–water partition coefficient (Wildman–Crippen LogP) is 3.18. The van der Waals surface area contributed by atoms with E-state index in [0.717, 1.165) is 0 Å². The molecule has 0 saturated heterocycles. The minimum atomic E-state index is -0.0828. The van der Waals surface area contributed by atoms with E-state index in [2.05, 4.69) is 0 Å². The molecule has 0 amide bonds. The van der Waals surface area contributed by atoms with Crippen LogP contribution in [0.3, 0.4) is 0 Å². The second-order valence-corrected chi connectivity index (χ2v) is 2.39. The van der Waals surface area contributed by atoms with Crippen molar-refractivity contribution in [3.05, 3.63) is 34.6 Å². The van der Waals surface area contributed by atoms with Gasteiger partial charge in [0, 0.05) is 7.05 Å². The van der Waals surface area contributed by atoms with E-state index in [1.54, 1.807) is 19.2 Å². The summed E-state index contributed by atoms with van der Waals surface area (Å²) in [5.74, 6) is 0. The van der Waals surface area contributed by atoms with Crippen molar-refractivity contribution in [3.63, 3.8) is 0 Å². The van der Waals surface area contributed by atoms with E-state index in [4.69, 9.17) is 4.52 Å². The van der Waals surface area contributed by atoms with Crippen LogP contribution < -0.4 is 5.56 Å². The summed E-state index contributed by atoms with van der Waals surface area (Å²) in [5, 5.41) is 0.634. The average molecular weight is 209 g/mol. The lowest BCUT2D eigenvalue weighted by Crippen LogP contribution is -2.08. The van der Waals surface area contributed by atoms with Crippen LogP contribution in [0.2, 0.25) is 0 Å². The number of aryl methyl sites for hydroxylation is 1. The van der Waals surface area contributed by atoms with Gasteiger partial charge in [-0.3, -0.25) is 4.79 Å². The summed E-state index contributed by atoms with van der Waals surface area (Å²) in [4.78, 5) is 11.2. The highest BCUT2D eigenvalue weighted by Crippen LogP contribution is 2.07. The number of hydrogen-bond donors (Lipinski definition) is 0. The van der Waals surface area contributed by atoms with Gasteiger partial charge in [-0.15, -0.1) is 0 Å². The Hall–Kier alpha value is -1.51. The second kappa shape index (κ2) is 6.87. The van der Waals surface area contributed by atoms with E-state index in [1.165, 1.54) is 4.74 Å². The van der Waals surface area contributed by atoms with Crippen LogP contribution in [0, 0.1) is 0 Å². The Bertz CT molecular complexity index is 440. The molecule has 0 aliphatic rings. The molecule has 15 heavy (non-hydrogen) atoms. The van der Waals surface area contributed by atoms with Crippen molar-refractivity contribution in [3.8, 4) is 0 Å². The molecule has 0 atom stereocenters. The largest absolute Gasteiger partial charge is 0.376 e. The first kappa shape index (κ1) is 13.5. The smallest absolute Gasteiger partial charge is 0.290 e. The molecular formula is C12H19NO2. The van der Waals surface area contributed by atoms with Gasteiger partial charge in [0.2, 0.25) is 0 Å². The summed E-state index contributed by atoms with van der Waals surface area (Å²) in [6.07, 6.45) is 0. The Kier molecular flexibility index (Phi) is 6.18. The third-order valence-electron chi connectivity index (χ3n) is 1.64. The molecule has 0 saturated carbocycles. The van der Waals surface area contributed by atoms with Crippen molar-refractivity contribution < 1.29 is 4.52 Å². The summed E-state index contributed by atoms with van der Waals surface area (Å²) < 4.78 is 6.33. The number of benzene rings is 1. The van der Waals surface area contributed by atoms with E-state index >= 15 is 0 Å². The highest BCUT2D eigenvalue weighted by atomic mass is 16.5. The monoisotopic (exact) mass is 209 g/mol. The highest BCUT2D eigenvalue weighted by Gasteiger charge is 2.02. The third kappa shape index (κ3) is 2.98. The van der Waals surface area contributed by atoms with Crippen molar-refractivity contribution >= 4 is 11.0 Å². The molecule has 3 nitrogen and oxygen atoms in total. The van der Waals surface area contributed by atoms with Crippen LogP contribution in [0.25, 0.3) is 11.0 Å². The van der Waals surface area contributed by atoms with Gasteiger partial charge >= 0.3 is 0 Å². The molecule has 0 unspecified atom stereocenters. The van der Waals surface area contributed by atoms with Gasteiger partial charge in [0.15, 0.2) is 5.58 Å². The molecule has 1 heterocycles. The van der Waals surface area contributed by atoms with Crippen LogP contribution in [0.15, 0.2) is 33.6 Å². The normalized spacial score (nSPS) is 8.60. The van der Waals surface area contributed by atoms with E-state index in [-0.39, 0.29) is 5.56 Å². The maximum absolute atomic E-state index is 11.2. The van der Waals surface area contributed by atoms with Gasteiger partial charge in [-0.1, -0.05) is 39.8 Å². The van der Waals surface area contributed by atoms with Crippen molar-refractivity contribution in [2.45, 2.75) is 27.7 Å². The third-order valence-corrected chi connectivity index (χ3v) is 1.64. The lowest BCUT2D eigenvalue weighted by atomic mass is 10.3. The van der Waals surface area contributed by atoms with Crippen LogP contribution in [-0.4, -0.2) is 4.74 Å². The molecule has 2 rings (SSSR count). The standard InChI is InChI=1S/C8H7NO2.2C2H6/c1-9-8(10)6-4-2-3-5-7(6)11-9;2*1-2/h2-5H,1H3;2*1-2H3. The zero-order chi connectivity index (χ0) is 11.8. The zero-order valence-corrected chi connectivity index (χ0v) is 10.1. The number of para-hydroxylation sites is 1. The van der Waals surface area contributed by atoms with E-state index in [1.807, 2.05) is 39.8 Å². The van der Waals surface area contributed by atoms with Crippen LogP contribution in [0.5, 0.6) is 0 Å². The molecule has 0 aliphatic heterocycles. The van der Waals surface area contributed by atoms with Crippen molar-refractivity contribution in [2.24, 2.45) is 7.05 Å². The van der Waals surface area contributed by atoms with Crippen molar-refractivity contribution in [1.82, 2.24) is 4.74 Å². The van der Waals surface area contributed by atoms with Crippen molar-refractivity contribution in [1.29, 1.82) is 0 Å².